The molecular weight excluding hydrogens is 206 g/mol. The standard InChI is InChI=1S/C12H23NO3/c1-5-7-10(8-6-9-14)13-11(15)16-12(2,3)4/h5,10,14H,1,6-9H2,2-4H3,(H,13,15). The van der Waals surface area contributed by atoms with Crippen molar-refractivity contribution in [2.45, 2.75) is 51.7 Å². The zero-order chi connectivity index (χ0) is 12.6. The van der Waals surface area contributed by atoms with Gasteiger partial charge < -0.3 is 15.2 Å². The molecule has 0 fully saturated rings. The van der Waals surface area contributed by atoms with Crippen LogP contribution in [0.25, 0.3) is 0 Å². The van der Waals surface area contributed by atoms with E-state index in [0.717, 1.165) is 6.42 Å². The molecule has 1 amide bonds. The maximum absolute atomic E-state index is 11.5. The summed E-state index contributed by atoms with van der Waals surface area (Å²) >= 11 is 0. The van der Waals surface area contributed by atoms with E-state index in [2.05, 4.69) is 11.9 Å². The van der Waals surface area contributed by atoms with Crippen LogP contribution in [0.3, 0.4) is 0 Å². The molecule has 0 aliphatic carbocycles. The van der Waals surface area contributed by atoms with Gasteiger partial charge in [0.25, 0.3) is 0 Å². The van der Waals surface area contributed by atoms with E-state index in [0.29, 0.717) is 12.8 Å². The van der Waals surface area contributed by atoms with Crippen LogP contribution in [0.1, 0.15) is 40.0 Å². The Hall–Kier alpha value is -1.03. The highest BCUT2D eigenvalue weighted by Gasteiger charge is 2.18. The lowest BCUT2D eigenvalue weighted by Gasteiger charge is -2.23. The van der Waals surface area contributed by atoms with Gasteiger partial charge >= 0.3 is 6.09 Å². The molecule has 0 aromatic heterocycles. The van der Waals surface area contributed by atoms with Crippen molar-refractivity contribution in [2.75, 3.05) is 6.61 Å². The van der Waals surface area contributed by atoms with Crippen molar-refractivity contribution in [3.63, 3.8) is 0 Å². The normalized spacial score (nSPS) is 13.0. The SMILES string of the molecule is C=CCC(CCCO)NC(=O)OC(C)(C)C. The van der Waals surface area contributed by atoms with Crippen LogP contribution in [0.15, 0.2) is 12.7 Å². The molecule has 1 atom stereocenters. The fraction of sp³-hybridized carbons (Fsp3) is 0.750. The molecule has 0 aliphatic rings. The first-order valence-electron chi connectivity index (χ1n) is 5.60. The molecule has 0 rings (SSSR count). The molecule has 4 heteroatoms. The highest BCUT2D eigenvalue weighted by atomic mass is 16.6. The molecule has 0 spiro atoms. The van der Waals surface area contributed by atoms with E-state index in [1.807, 2.05) is 20.8 Å². The third-order valence-electron chi connectivity index (χ3n) is 1.88. The smallest absolute Gasteiger partial charge is 0.407 e. The molecule has 0 aromatic carbocycles. The summed E-state index contributed by atoms with van der Waals surface area (Å²) in [6.45, 7) is 9.23. The van der Waals surface area contributed by atoms with Crippen molar-refractivity contribution in [2.24, 2.45) is 0 Å². The number of alkyl carbamates (subject to hydrolysis) is 1. The molecule has 0 bridgehead atoms. The van der Waals surface area contributed by atoms with Crippen LogP contribution in [-0.2, 0) is 4.74 Å². The Morgan fingerprint density at radius 1 is 1.56 bits per heavy atom. The van der Waals surface area contributed by atoms with Crippen LogP contribution in [0.4, 0.5) is 4.79 Å². The van der Waals surface area contributed by atoms with Crippen molar-refractivity contribution in [1.29, 1.82) is 0 Å². The number of ether oxygens (including phenoxy) is 1. The van der Waals surface area contributed by atoms with Gasteiger partial charge in [-0.1, -0.05) is 6.08 Å². The molecule has 0 radical (unpaired) electrons. The summed E-state index contributed by atoms with van der Waals surface area (Å²) < 4.78 is 5.15. The maximum Gasteiger partial charge on any atom is 0.407 e. The Kier molecular flexibility index (Phi) is 6.81. The minimum Gasteiger partial charge on any atom is -0.444 e. The summed E-state index contributed by atoms with van der Waals surface area (Å²) in [7, 11) is 0. The lowest BCUT2D eigenvalue weighted by molar-refractivity contribution is 0.0500. The summed E-state index contributed by atoms with van der Waals surface area (Å²) in [5, 5.41) is 11.5. The zero-order valence-electron chi connectivity index (χ0n) is 10.5. The van der Waals surface area contributed by atoms with Gasteiger partial charge in [0.2, 0.25) is 0 Å². The first kappa shape index (κ1) is 15.0. The number of nitrogens with one attached hydrogen (secondary N) is 1. The largest absolute Gasteiger partial charge is 0.444 e. The third kappa shape index (κ3) is 8.29. The van der Waals surface area contributed by atoms with Gasteiger partial charge in [-0.15, -0.1) is 6.58 Å². The Bertz CT molecular complexity index is 221. The van der Waals surface area contributed by atoms with E-state index in [1.54, 1.807) is 6.08 Å². The molecule has 16 heavy (non-hydrogen) atoms. The molecule has 2 N–H and O–H groups in total. The summed E-state index contributed by atoms with van der Waals surface area (Å²) in [6, 6.07) is -0.0144. The predicted molar refractivity (Wildman–Crippen MR) is 64.3 cm³/mol. The van der Waals surface area contributed by atoms with Gasteiger partial charge in [0, 0.05) is 12.6 Å². The van der Waals surface area contributed by atoms with E-state index in [4.69, 9.17) is 9.84 Å². The van der Waals surface area contributed by atoms with Gasteiger partial charge in [-0.2, -0.15) is 0 Å². The molecule has 0 saturated heterocycles. The number of carbonyl (C=O) groups is 1. The minimum atomic E-state index is -0.486. The van der Waals surface area contributed by atoms with Crippen LogP contribution in [0.5, 0.6) is 0 Å². The lowest BCUT2D eigenvalue weighted by atomic mass is 10.1. The predicted octanol–water partition coefficient (Wildman–Crippen LogP) is 2.23. The first-order chi connectivity index (χ1) is 7.39. The fourth-order valence-electron chi connectivity index (χ4n) is 1.26. The van der Waals surface area contributed by atoms with Crippen LogP contribution in [0.2, 0.25) is 0 Å². The summed E-state index contributed by atoms with van der Waals surface area (Å²) in [5.41, 5.74) is -0.486. The number of carbonyl (C=O) groups excluding carboxylic acids is 1. The number of rotatable bonds is 6. The van der Waals surface area contributed by atoms with Gasteiger partial charge in [-0.25, -0.2) is 4.79 Å². The third-order valence-corrected chi connectivity index (χ3v) is 1.88. The van der Waals surface area contributed by atoms with Gasteiger partial charge in [-0.3, -0.25) is 0 Å². The summed E-state index contributed by atoms with van der Waals surface area (Å²) in [6.07, 6.45) is 3.40. The number of hydrogen-bond donors (Lipinski definition) is 2. The lowest BCUT2D eigenvalue weighted by Crippen LogP contribution is -2.39. The van der Waals surface area contributed by atoms with Crippen LogP contribution < -0.4 is 5.32 Å². The zero-order valence-corrected chi connectivity index (χ0v) is 10.5. The molecule has 0 aliphatic heterocycles. The van der Waals surface area contributed by atoms with Crippen molar-refractivity contribution >= 4 is 6.09 Å². The Labute approximate surface area is 97.7 Å². The van der Waals surface area contributed by atoms with Crippen molar-refractivity contribution in [3.8, 4) is 0 Å². The van der Waals surface area contributed by atoms with Crippen molar-refractivity contribution in [3.05, 3.63) is 12.7 Å². The Morgan fingerprint density at radius 2 is 2.19 bits per heavy atom. The number of aliphatic hydroxyl groups is 1. The van der Waals surface area contributed by atoms with E-state index in [9.17, 15) is 4.79 Å². The molecule has 94 valence electrons. The van der Waals surface area contributed by atoms with Crippen LogP contribution in [0, 0.1) is 0 Å². The van der Waals surface area contributed by atoms with Crippen molar-refractivity contribution in [1.82, 2.24) is 5.32 Å². The van der Waals surface area contributed by atoms with Gasteiger partial charge in [0.15, 0.2) is 0 Å². The second kappa shape index (κ2) is 7.28. The maximum atomic E-state index is 11.5. The van der Waals surface area contributed by atoms with Gasteiger partial charge in [-0.05, 0) is 40.0 Å². The fourth-order valence-corrected chi connectivity index (χ4v) is 1.26. The van der Waals surface area contributed by atoms with E-state index in [-0.39, 0.29) is 12.6 Å². The second-order valence-corrected chi connectivity index (χ2v) is 4.73. The summed E-state index contributed by atoms with van der Waals surface area (Å²) in [5.74, 6) is 0. The Balaban J connectivity index is 4.06. The Morgan fingerprint density at radius 3 is 2.62 bits per heavy atom. The molecule has 1 unspecified atom stereocenters. The van der Waals surface area contributed by atoms with Crippen LogP contribution in [-0.4, -0.2) is 29.4 Å². The monoisotopic (exact) mass is 229 g/mol. The van der Waals surface area contributed by atoms with Crippen molar-refractivity contribution < 1.29 is 14.6 Å². The van der Waals surface area contributed by atoms with Crippen LogP contribution >= 0.6 is 0 Å². The highest BCUT2D eigenvalue weighted by molar-refractivity contribution is 5.68. The molecule has 0 saturated carbocycles. The average Bonchev–Trinajstić information content (AvgIpc) is 2.11. The van der Waals surface area contributed by atoms with E-state index in [1.165, 1.54) is 0 Å². The summed E-state index contributed by atoms with van der Waals surface area (Å²) in [4.78, 5) is 11.5. The number of amides is 1. The average molecular weight is 229 g/mol. The molecular formula is C12H23NO3. The van der Waals surface area contributed by atoms with E-state index >= 15 is 0 Å². The first-order valence-corrected chi connectivity index (χ1v) is 5.60. The number of aliphatic hydroxyl groups excluding tert-OH is 1. The topological polar surface area (TPSA) is 58.6 Å². The molecule has 0 aromatic rings. The van der Waals surface area contributed by atoms with Gasteiger partial charge in [0.1, 0.15) is 5.60 Å². The second-order valence-electron chi connectivity index (χ2n) is 4.73. The minimum absolute atomic E-state index is 0.0144. The number of hydrogen-bond acceptors (Lipinski definition) is 3. The van der Waals surface area contributed by atoms with E-state index < -0.39 is 11.7 Å². The highest BCUT2D eigenvalue weighted by Crippen LogP contribution is 2.08. The van der Waals surface area contributed by atoms with Gasteiger partial charge in [0.05, 0.1) is 0 Å². The molecule has 0 heterocycles. The quantitative estimate of drug-likeness (QED) is 0.687. The molecule has 4 nitrogen and oxygen atoms in total.